The van der Waals surface area contributed by atoms with Crippen LogP contribution in [0.3, 0.4) is 0 Å². The summed E-state index contributed by atoms with van der Waals surface area (Å²) in [6, 6.07) is 10.5. The molecule has 1 fully saturated rings. The molecule has 0 aliphatic carbocycles. The van der Waals surface area contributed by atoms with Gasteiger partial charge in [0.2, 0.25) is 0 Å². The van der Waals surface area contributed by atoms with Gasteiger partial charge in [-0.15, -0.1) is 0 Å². The Kier molecular flexibility index (Phi) is 6.03. The third-order valence-electron chi connectivity index (χ3n) is 3.18. The van der Waals surface area contributed by atoms with Crippen molar-refractivity contribution >= 4 is 0 Å². The van der Waals surface area contributed by atoms with Crippen LogP contribution in [0, 0.1) is 0 Å². The Bertz CT molecular complexity index is 310. The lowest BCUT2D eigenvalue weighted by atomic mass is 10.1. The summed E-state index contributed by atoms with van der Waals surface area (Å²) in [5.41, 5.74) is 0. The van der Waals surface area contributed by atoms with E-state index in [4.69, 9.17) is 9.47 Å². The summed E-state index contributed by atoms with van der Waals surface area (Å²) >= 11 is 0. The summed E-state index contributed by atoms with van der Waals surface area (Å²) in [5.74, 6) is 0.937. The first-order chi connectivity index (χ1) is 8.95. The maximum Gasteiger partial charge on any atom is 0.119 e. The summed E-state index contributed by atoms with van der Waals surface area (Å²) in [7, 11) is 0. The molecule has 0 radical (unpaired) electrons. The van der Waals surface area contributed by atoms with Crippen molar-refractivity contribution in [1.29, 1.82) is 0 Å². The van der Waals surface area contributed by atoms with E-state index in [9.17, 15) is 0 Å². The summed E-state index contributed by atoms with van der Waals surface area (Å²) in [6.45, 7) is 3.49. The van der Waals surface area contributed by atoms with E-state index >= 15 is 0 Å². The van der Waals surface area contributed by atoms with Crippen LogP contribution >= 0.6 is 0 Å². The summed E-state index contributed by atoms with van der Waals surface area (Å²) in [5, 5.41) is 3.48. The first-order valence-corrected chi connectivity index (χ1v) is 6.94. The Hall–Kier alpha value is -1.06. The molecular formula is C15H23NO2. The van der Waals surface area contributed by atoms with Gasteiger partial charge in [0.1, 0.15) is 5.75 Å². The fourth-order valence-corrected chi connectivity index (χ4v) is 2.16. The zero-order valence-electron chi connectivity index (χ0n) is 10.9. The van der Waals surface area contributed by atoms with Crippen molar-refractivity contribution in [2.45, 2.75) is 31.7 Å². The Morgan fingerprint density at radius 1 is 1.11 bits per heavy atom. The molecule has 3 heteroatoms. The van der Waals surface area contributed by atoms with Gasteiger partial charge >= 0.3 is 0 Å². The molecule has 0 bridgehead atoms. The molecule has 0 saturated carbocycles. The van der Waals surface area contributed by atoms with Crippen LogP contribution in [0.2, 0.25) is 0 Å². The van der Waals surface area contributed by atoms with Crippen molar-refractivity contribution in [1.82, 2.24) is 5.32 Å². The molecular weight excluding hydrogens is 226 g/mol. The van der Waals surface area contributed by atoms with E-state index in [1.54, 1.807) is 0 Å². The molecule has 1 atom stereocenters. The molecule has 1 aliphatic rings. The number of nitrogens with one attached hydrogen (secondary N) is 1. The van der Waals surface area contributed by atoms with Gasteiger partial charge in [-0.25, -0.2) is 0 Å². The number of hydrogen-bond acceptors (Lipinski definition) is 3. The molecule has 1 aromatic rings. The fourth-order valence-electron chi connectivity index (χ4n) is 2.16. The standard InChI is InChI=1S/C15H23NO2/c1-2-8-15(9-3-1)18-12-6-11-17-13-14-7-4-5-10-16-14/h1-3,8-9,14,16H,4-7,10-13H2. The average Bonchev–Trinajstić information content (AvgIpc) is 2.45. The summed E-state index contributed by atoms with van der Waals surface area (Å²) in [6.07, 6.45) is 4.84. The van der Waals surface area contributed by atoms with Crippen LogP contribution in [-0.4, -0.2) is 32.4 Å². The largest absolute Gasteiger partial charge is 0.494 e. The van der Waals surface area contributed by atoms with Gasteiger partial charge < -0.3 is 14.8 Å². The van der Waals surface area contributed by atoms with Gasteiger partial charge in [0, 0.05) is 19.1 Å². The van der Waals surface area contributed by atoms with Crippen LogP contribution in [-0.2, 0) is 4.74 Å². The number of ether oxygens (including phenoxy) is 2. The summed E-state index contributed by atoms with van der Waals surface area (Å²) in [4.78, 5) is 0. The highest BCUT2D eigenvalue weighted by molar-refractivity contribution is 5.20. The zero-order valence-corrected chi connectivity index (χ0v) is 10.9. The minimum atomic E-state index is 0.564. The van der Waals surface area contributed by atoms with Crippen LogP contribution in [0.1, 0.15) is 25.7 Å². The van der Waals surface area contributed by atoms with E-state index in [0.29, 0.717) is 6.04 Å². The molecule has 100 valence electrons. The van der Waals surface area contributed by atoms with E-state index in [1.165, 1.54) is 19.3 Å². The van der Waals surface area contributed by atoms with Crippen molar-refractivity contribution in [2.24, 2.45) is 0 Å². The second kappa shape index (κ2) is 8.11. The molecule has 0 amide bonds. The number of benzene rings is 1. The zero-order chi connectivity index (χ0) is 12.5. The van der Waals surface area contributed by atoms with Crippen LogP contribution in [0.15, 0.2) is 30.3 Å². The Balaban J connectivity index is 1.46. The molecule has 18 heavy (non-hydrogen) atoms. The molecule has 1 aliphatic heterocycles. The van der Waals surface area contributed by atoms with Gasteiger partial charge in [-0.2, -0.15) is 0 Å². The maximum absolute atomic E-state index is 5.67. The molecule has 1 heterocycles. The second-order valence-corrected chi connectivity index (χ2v) is 4.74. The SMILES string of the molecule is c1ccc(OCCCOCC2CCCCN2)cc1. The van der Waals surface area contributed by atoms with Crippen LogP contribution in [0.25, 0.3) is 0 Å². The third kappa shape index (κ3) is 5.07. The van der Waals surface area contributed by atoms with E-state index in [0.717, 1.165) is 38.5 Å². The number of piperidine rings is 1. The van der Waals surface area contributed by atoms with E-state index < -0.39 is 0 Å². The predicted molar refractivity (Wildman–Crippen MR) is 73.0 cm³/mol. The minimum absolute atomic E-state index is 0.564. The van der Waals surface area contributed by atoms with Gasteiger partial charge in [0.05, 0.1) is 13.2 Å². The molecule has 1 unspecified atom stereocenters. The van der Waals surface area contributed by atoms with Crippen molar-refractivity contribution in [3.63, 3.8) is 0 Å². The van der Waals surface area contributed by atoms with Gasteiger partial charge in [-0.1, -0.05) is 24.6 Å². The highest BCUT2D eigenvalue weighted by atomic mass is 16.5. The van der Waals surface area contributed by atoms with Crippen molar-refractivity contribution in [3.8, 4) is 5.75 Å². The highest BCUT2D eigenvalue weighted by Gasteiger charge is 2.11. The lowest BCUT2D eigenvalue weighted by molar-refractivity contribution is 0.0926. The summed E-state index contributed by atoms with van der Waals surface area (Å²) < 4.78 is 11.3. The monoisotopic (exact) mass is 249 g/mol. The van der Waals surface area contributed by atoms with E-state index in [1.807, 2.05) is 30.3 Å². The fraction of sp³-hybridized carbons (Fsp3) is 0.600. The average molecular weight is 249 g/mol. The molecule has 0 spiro atoms. The quantitative estimate of drug-likeness (QED) is 0.754. The highest BCUT2D eigenvalue weighted by Crippen LogP contribution is 2.09. The van der Waals surface area contributed by atoms with E-state index in [2.05, 4.69) is 5.32 Å². The normalized spacial score (nSPS) is 19.7. The number of hydrogen-bond donors (Lipinski definition) is 1. The van der Waals surface area contributed by atoms with Crippen LogP contribution in [0.4, 0.5) is 0 Å². The first kappa shape index (κ1) is 13.4. The van der Waals surface area contributed by atoms with Gasteiger partial charge in [-0.3, -0.25) is 0 Å². The van der Waals surface area contributed by atoms with Crippen LogP contribution in [0.5, 0.6) is 5.75 Å². The molecule has 1 aromatic carbocycles. The number of rotatable bonds is 7. The second-order valence-electron chi connectivity index (χ2n) is 4.74. The minimum Gasteiger partial charge on any atom is -0.494 e. The Labute approximate surface area is 109 Å². The van der Waals surface area contributed by atoms with Crippen LogP contribution < -0.4 is 10.1 Å². The number of para-hydroxylation sites is 1. The van der Waals surface area contributed by atoms with Gasteiger partial charge in [-0.05, 0) is 31.5 Å². The van der Waals surface area contributed by atoms with Crippen molar-refractivity contribution in [2.75, 3.05) is 26.4 Å². The lowest BCUT2D eigenvalue weighted by Gasteiger charge is -2.23. The van der Waals surface area contributed by atoms with Gasteiger partial charge in [0.25, 0.3) is 0 Å². The maximum atomic E-state index is 5.67. The first-order valence-electron chi connectivity index (χ1n) is 6.94. The molecule has 1 N–H and O–H groups in total. The predicted octanol–water partition coefficient (Wildman–Crippen LogP) is 2.61. The van der Waals surface area contributed by atoms with Crippen molar-refractivity contribution < 1.29 is 9.47 Å². The smallest absolute Gasteiger partial charge is 0.119 e. The molecule has 0 aromatic heterocycles. The van der Waals surface area contributed by atoms with Crippen molar-refractivity contribution in [3.05, 3.63) is 30.3 Å². The molecule has 2 rings (SSSR count). The van der Waals surface area contributed by atoms with Gasteiger partial charge in [0.15, 0.2) is 0 Å². The Morgan fingerprint density at radius 3 is 2.78 bits per heavy atom. The topological polar surface area (TPSA) is 30.5 Å². The molecule has 3 nitrogen and oxygen atoms in total. The lowest BCUT2D eigenvalue weighted by Crippen LogP contribution is -2.37. The van der Waals surface area contributed by atoms with E-state index in [-0.39, 0.29) is 0 Å². The third-order valence-corrected chi connectivity index (χ3v) is 3.18. The molecule has 1 saturated heterocycles. The Morgan fingerprint density at radius 2 is 2.00 bits per heavy atom.